The van der Waals surface area contributed by atoms with Crippen LogP contribution in [0.1, 0.15) is 52.7 Å². The van der Waals surface area contributed by atoms with Crippen LogP contribution in [0.3, 0.4) is 0 Å². The minimum absolute atomic E-state index is 0.191. The third-order valence-corrected chi connectivity index (χ3v) is 6.17. The van der Waals surface area contributed by atoms with Gasteiger partial charge in [0, 0.05) is 0 Å². The Morgan fingerprint density at radius 3 is 1.10 bits per heavy atom. The van der Waals surface area contributed by atoms with Crippen LogP contribution >= 0.6 is 8.58 Å². The lowest BCUT2D eigenvalue weighted by Gasteiger charge is -2.19. The van der Waals surface area contributed by atoms with Crippen LogP contribution in [-0.4, -0.2) is 18.5 Å². The lowest BCUT2D eigenvalue weighted by molar-refractivity contribution is -0.0517. The molecule has 0 N–H and O–H groups in total. The second-order valence-electron chi connectivity index (χ2n) is 8.79. The van der Waals surface area contributed by atoms with Gasteiger partial charge in [0.1, 0.15) is 0 Å². The summed E-state index contributed by atoms with van der Waals surface area (Å²) in [6.45, 7) is 13.6. The molecule has 2 rings (SSSR count). The first-order chi connectivity index (χ1) is 12.9. The Hall–Kier alpha value is -1.43. The molecule has 0 spiro atoms. The number of hydrogen-bond donors (Lipinski definition) is 0. The zero-order valence-corrected chi connectivity index (χ0v) is 19.4. The fraction of sp³-hybridized carbons (Fsp3) is 0.429. The molecule has 0 aliphatic carbocycles. The van der Waals surface area contributed by atoms with E-state index in [0.717, 1.165) is 0 Å². The van der Waals surface area contributed by atoms with E-state index in [9.17, 15) is 13.2 Å². The van der Waals surface area contributed by atoms with Crippen LogP contribution in [0.2, 0.25) is 0 Å². The molecule has 162 valence electrons. The molecule has 0 bridgehead atoms. The third-order valence-electron chi connectivity index (χ3n) is 4.17. The minimum atomic E-state index is -6.09. The van der Waals surface area contributed by atoms with Crippen molar-refractivity contribution in [1.82, 2.24) is 0 Å². The quantitative estimate of drug-likeness (QED) is 0.380. The maximum absolute atomic E-state index is 10.7. The second kappa shape index (κ2) is 9.15. The van der Waals surface area contributed by atoms with Gasteiger partial charge in [-0.25, -0.2) is 8.42 Å². The highest BCUT2D eigenvalue weighted by atomic mass is 32.2. The summed E-state index contributed by atoms with van der Waals surface area (Å²) in [5, 5.41) is 2.93. The molecule has 0 saturated carbocycles. The molecule has 0 fully saturated rings. The minimum Gasteiger partial charge on any atom is -0.741 e. The SMILES string of the molecule is CC(C)(C)c1ccc([PH2+]c2ccc(C(C)(C)C)cc2)cc1.O=S(=O)([O-])C(F)(F)F. The third kappa shape index (κ3) is 8.45. The molecule has 0 unspecified atom stereocenters. The van der Waals surface area contributed by atoms with Crippen molar-refractivity contribution in [3.63, 3.8) is 0 Å². The van der Waals surface area contributed by atoms with Gasteiger partial charge in [0.25, 0.3) is 0 Å². The topological polar surface area (TPSA) is 57.2 Å². The van der Waals surface area contributed by atoms with Gasteiger partial charge in [-0.05, 0) is 46.2 Å². The molecule has 0 aliphatic rings. The Morgan fingerprint density at radius 2 is 0.931 bits per heavy atom. The van der Waals surface area contributed by atoms with Crippen LogP contribution in [0.15, 0.2) is 48.5 Å². The fourth-order valence-electron chi connectivity index (χ4n) is 2.35. The Labute approximate surface area is 173 Å². The summed E-state index contributed by atoms with van der Waals surface area (Å²) < 4.78 is 58.9. The molecular formula is C21H28F3O3PS. The summed E-state index contributed by atoms with van der Waals surface area (Å²) in [7, 11) is -5.90. The van der Waals surface area contributed by atoms with Crippen LogP contribution in [0.4, 0.5) is 13.2 Å². The van der Waals surface area contributed by atoms with Crippen LogP contribution in [0.25, 0.3) is 0 Å². The van der Waals surface area contributed by atoms with Crippen LogP contribution in [0.5, 0.6) is 0 Å². The van der Waals surface area contributed by atoms with Gasteiger partial charge in [-0.2, -0.15) is 13.2 Å². The van der Waals surface area contributed by atoms with Crippen molar-refractivity contribution in [2.45, 2.75) is 57.9 Å². The van der Waals surface area contributed by atoms with E-state index >= 15 is 0 Å². The van der Waals surface area contributed by atoms with Gasteiger partial charge in [-0.15, -0.1) is 0 Å². The number of alkyl halides is 3. The highest BCUT2D eigenvalue weighted by Gasteiger charge is 2.36. The summed E-state index contributed by atoms with van der Waals surface area (Å²) in [4.78, 5) is 0. The zero-order chi connectivity index (χ0) is 22.7. The lowest BCUT2D eigenvalue weighted by Crippen LogP contribution is -2.21. The number of halogens is 3. The monoisotopic (exact) mass is 448 g/mol. The van der Waals surface area contributed by atoms with Crippen LogP contribution in [-0.2, 0) is 20.9 Å². The largest absolute Gasteiger partial charge is 0.741 e. The normalized spacial score (nSPS) is 12.9. The Morgan fingerprint density at radius 1 is 0.690 bits per heavy atom. The average molecular weight is 448 g/mol. The van der Waals surface area contributed by atoms with Gasteiger partial charge in [0.05, 0.1) is 19.2 Å². The van der Waals surface area contributed by atoms with E-state index < -0.39 is 15.6 Å². The standard InChI is InChI=1S/C20H27P.CHF3O3S/c1-19(2,3)15-7-11-17(12-8-15)21-18-13-9-16(10-14-18)20(4,5)6;2-1(3,4)8(5,6)7/h7-14,21H,1-6H3;(H,5,6,7). The predicted molar refractivity (Wildman–Crippen MR) is 115 cm³/mol. The Bertz CT molecular complexity index is 835. The summed E-state index contributed by atoms with van der Waals surface area (Å²) in [5.74, 6) is 0. The zero-order valence-electron chi connectivity index (χ0n) is 17.5. The summed E-state index contributed by atoms with van der Waals surface area (Å²) >= 11 is 0. The van der Waals surface area contributed by atoms with E-state index in [1.807, 2.05) is 0 Å². The van der Waals surface area contributed by atoms with Gasteiger partial charge in [0.2, 0.25) is 0 Å². The van der Waals surface area contributed by atoms with Crippen molar-refractivity contribution in [3.05, 3.63) is 59.7 Å². The Balaban J connectivity index is 0.000000447. The van der Waals surface area contributed by atoms with E-state index in [1.165, 1.54) is 21.7 Å². The van der Waals surface area contributed by atoms with Gasteiger partial charge in [0.15, 0.2) is 10.1 Å². The highest BCUT2D eigenvalue weighted by molar-refractivity contribution is 7.86. The highest BCUT2D eigenvalue weighted by Crippen LogP contribution is 2.24. The molecule has 2 aromatic carbocycles. The van der Waals surface area contributed by atoms with Crippen molar-refractivity contribution in [3.8, 4) is 0 Å². The summed E-state index contributed by atoms with van der Waals surface area (Å²) in [5.41, 5.74) is -2.35. The predicted octanol–water partition coefficient (Wildman–Crippen LogP) is 4.69. The summed E-state index contributed by atoms with van der Waals surface area (Å²) in [6.07, 6.45) is 0. The molecule has 8 heteroatoms. The number of hydrogen-bond acceptors (Lipinski definition) is 3. The van der Waals surface area contributed by atoms with Crippen LogP contribution < -0.4 is 10.6 Å². The van der Waals surface area contributed by atoms with Gasteiger partial charge in [-0.1, -0.05) is 65.8 Å². The molecule has 0 saturated heterocycles. The van der Waals surface area contributed by atoms with E-state index in [0.29, 0.717) is 0 Å². The molecule has 0 aromatic heterocycles. The molecule has 29 heavy (non-hydrogen) atoms. The van der Waals surface area contributed by atoms with Crippen molar-refractivity contribution in [2.75, 3.05) is 0 Å². The molecule has 0 heterocycles. The lowest BCUT2D eigenvalue weighted by atomic mass is 9.87. The molecule has 3 nitrogen and oxygen atoms in total. The maximum Gasteiger partial charge on any atom is 0.485 e. The first kappa shape index (κ1) is 25.6. The van der Waals surface area contributed by atoms with Crippen LogP contribution in [0, 0.1) is 0 Å². The second-order valence-corrected chi connectivity index (χ2v) is 11.8. The van der Waals surface area contributed by atoms with Gasteiger partial charge < -0.3 is 4.55 Å². The first-order valence-corrected chi connectivity index (χ1v) is 11.6. The van der Waals surface area contributed by atoms with E-state index in [-0.39, 0.29) is 19.4 Å². The first-order valence-electron chi connectivity index (χ1n) is 8.99. The van der Waals surface area contributed by atoms with Crippen molar-refractivity contribution < 1.29 is 26.1 Å². The average Bonchev–Trinajstić information content (AvgIpc) is 2.53. The molecular weight excluding hydrogens is 420 g/mol. The van der Waals surface area contributed by atoms with Crippen molar-refractivity contribution >= 4 is 29.3 Å². The fourth-order valence-corrected chi connectivity index (χ4v) is 3.51. The Kier molecular flexibility index (Phi) is 8.08. The number of rotatable bonds is 2. The van der Waals surface area contributed by atoms with E-state index in [2.05, 4.69) is 90.1 Å². The smallest absolute Gasteiger partial charge is 0.485 e. The van der Waals surface area contributed by atoms with E-state index in [1.54, 1.807) is 0 Å². The molecule has 0 radical (unpaired) electrons. The molecule has 0 atom stereocenters. The molecule has 0 amide bonds. The van der Waals surface area contributed by atoms with Gasteiger partial charge in [-0.3, -0.25) is 0 Å². The summed E-state index contributed by atoms with van der Waals surface area (Å²) in [6, 6.07) is 18.3. The van der Waals surface area contributed by atoms with E-state index in [4.69, 9.17) is 13.0 Å². The van der Waals surface area contributed by atoms with Crippen molar-refractivity contribution in [2.24, 2.45) is 0 Å². The van der Waals surface area contributed by atoms with Gasteiger partial charge >= 0.3 is 5.51 Å². The molecule has 2 aromatic rings. The number of benzene rings is 2. The van der Waals surface area contributed by atoms with Crippen molar-refractivity contribution in [1.29, 1.82) is 0 Å². The maximum atomic E-state index is 10.7. The molecule has 0 aliphatic heterocycles.